The Balaban J connectivity index is 1.84. The summed E-state index contributed by atoms with van der Waals surface area (Å²) in [6.45, 7) is 3.76. The van der Waals surface area contributed by atoms with E-state index in [1.165, 1.54) is 17.3 Å². The summed E-state index contributed by atoms with van der Waals surface area (Å²) in [5, 5.41) is 2.91. The van der Waals surface area contributed by atoms with Crippen molar-refractivity contribution in [2.75, 3.05) is 0 Å². The maximum absolute atomic E-state index is 12.3. The van der Waals surface area contributed by atoms with Crippen molar-refractivity contribution >= 4 is 22.8 Å². The predicted octanol–water partition coefficient (Wildman–Crippen LogP) is 3.70. The molecule has 1 amide bonds. The first-order chi connectivity index (χ1) is 11.1. The number of nitrogens with one attached hydrogen (secondary N) is 1. The SMILES string of the molecule is C[C@@H](Cc1ccccc1)SC(=O)[C@@H](C)NC(=O)c1ccccc1. The number of benzene rings is 2. The molecule has 0 aromatic heterocycles. The molecule has 2 aromatic carbocycles. The maximum atomic E-state index is 12.3. The summed E-state index contributed by atoms with van der Waals surface area (Å²) in [5.74, 6) is -0.220. The van der Waals surface area contributed by atoms with E-state index in [-0.39, 0.29) is 16.3 Å². The molecule has 0 radical (unpaired) electrons. The molecule has 4 heteroatoms. The van der Waals surface area contributed by atoms with Gasteiger partial charge < -0.3 is 5.32 Å². The summed E-state index contributed by atoms with van der Waals surface area (Å²) in [7, 11) is 0. The van der Waals surface area contributed by atoms with Crippen LogP contribution in [-0.4, -0.2) is 22.3 Å². The minimum Gasteiger partial charge on any atom is -0.342 e. The molecule has 0 bridgehead atoms. The first-order valence-electron chi connectivity index (χ1n) is 7.66. The van der Waals surface area contributed by atoms with E-state index in [0.717, 1.165) is 6.42 Å². The molecule has 0 spiro atoms. The summed E-state index contributed by atoms with van der Waals surface area (Å²) >= 11 is 1.29. The minimum absolute atomic E-state index is 0.0160. The van der Waals surface area contributed by atoms with E-state index in [9.17, 15) is 9.59 Å². The van der Waals surface area contributed by atoms with Gasteiger partial charge in [0.1, 0.15) is 0 Å². The number of hydrogen-bond donors (Lipinski definition) is 1. The number of carbonyl (C=O) groups is 2. The number of amides is 1. The zero-order chi connectivity index (χ0) is 16.7. The zero-order valence-corrected chi connectivity index (χ0v) is 14.2. The molecule has 0 aliphatic heterocycles. The van der Waals surface area contributed by atoms with E-state index in [1.54, 1.807) is 31.2 Å². The van der Waals surface area contributed by atoms with Crippen LogP contribution < -0.4 is 5.32 Å². The van der Waals surface area contributed by atoms with Crippen LogP contribution in [0, 0.1) is 0 Å². The first kappa shape index (κ1) is 17.3. The summed E-state index contributed by atoms with van der Waals surface area (Å²) in [6, 6.07) is 18.5. The second-order valence-corrected chi connectivity index (χ2v) is 6.94. The van der Waals surface area contributed by atoms with Crippen molar-refractivity contribution in [3.05, 3.63) is 71.8 Å². The van der Waals surface area contributed by atoms with Crippen LogP contribution in [0.2, 0.25) is 0 Å². The topological polar surface area (TPSA) is 46.2 Å². The molecule has 0 aliphatic carbocycles. The van der Waals surface area contributed by atoms with Crippen LogP contribution >= 0.6 is 11.8 Å². The van der Waals surface area contributed by atoms with Crippen molar-refractivity contribution < 1.29 is 9.59 Å². The van der Waals surface area contributed by atoms with Crippen molar-refractivity contribution in [3.8, 4) is 0 Å². The normalized spacial score (nSPS) is 13.1. The molecule has 0 saturated carbocycles. The average Bonchev–Trinajstić information content (AvgIpc) is 2.56. The van der Waals surface area contributed by atoms with Gasteiger partial charge in [0.05, 0.1) is 6.04 Å². The molecule has 0 unspecified atom stereocenters. The lowest BCUT2D eigenvalue weighted by Gasteiger charge is -2.16. The quantitative estimate of drug-likeness (QED) is 0.880. The molecular weight excluding hydrogens is 306 g/mol. The van der Waals surface area contributed by atoms with E-state index in [1.807, 2.05) is 31.2 Å². The van der Waals surface area contributed by atoms with Gasteiger partial charge in [-0.2, -0.15) is 0 Å². The molecule has 0 saturated heterocycles. The fourth-order valence-electron chi connectivity index (χ4n) is 2.22. The molecule has 0 fully saturated rings. The van der Waals surface area contributed by atoms with E-state index >= 15 is 0 Å². The first-order valence-corrected chi connectivity index (χ1v) is 8.54. The van der Waals surface area contributed by atoms with Gasteiger partial charge in [-0.25, -0.2) is 0 Å². The van der Waals surface area contributed by atoms with Crippen LogP contribution in [-0.2, 0) is 11.2 Å². The van der Waals surface area contributed by atoms with Crippen LogP contribution in [0.1, 0.15) is 29.8 Å². The second kappa shape index (κ2) is 8.53. The lowest BCUT2D eigenvalue weighted by molar-refractivity contribution is -0.112. The molecule has 0 heterocycles. The predicted molar refractivity (Wildman–Crippen MR) is 95.6 cm³/mol. The lowest BCUT2D eigenvalue weighted by atomic mass is 10.1. The third kappa shape index (κ3) is 5.57. The number of thioether (sulfide) groups is 1. The second-order valence-electron chi connectivity index (χ2n) is 5.50. The third-order valence-electron chi connectivity index (χ3n) is 3.42. The number of rotatable bonds is 6. The summed E-state index contributed by atoms with van der Waals surface area (Å²) in [5.41, 5.74) is 1.77. The minimum atomic E-state index is -0.508. The van der Waals surface area contributed by atoms with Crippen LogP contribution in [0.25, 0.3) is 0 Å². The molecule has 2 aromatic rings. The van der Waals surface area contributed by atoms with E-state index in [4.69, 9.17) is 0 Å². The summed E-state index contributed by atoms with van der Waals surface area (Å²) in [6.07, 6.45) is 0.830. The third-order valence-corrected chi connectivity index (χ3v) is 4.58. The fourth-order valence-corrected chi connectivity index (χ4v) is 3.15. The zero-order valence-electron chi connectivity index (χ0n) is 13.4. The van der Waals surface area contributed by atoms with Gasteiger partial charge in [0.25, 0.3) is 5.91 Å². The van der Waals surface area contributed by atoms with Crippen LogP contribution in [0.15, 0.2) is 60.7 Å². The largest absolute Gasteiger partial charge is 0.342 e. The Bertz CT molecular complexity index is 643. The van der Waals surface area contributed by atoms with Crippen molar-refractivity contribution in [1.29, 1.82) is 0 Å². The number of carbonyl (C=O) groups excluding carboxylic acids is 2. The van der Waals surface area contributed by atoms with Gasteiger partial charge in [0, 0.05) is 10.8 Å². The fraction of sp³-hybridized carbons (Fsp3) is 0.263. The molecule has 1 N–H and O–H groups in total. The highest BCUT2D eigenvalue weighted by Crippen LogP contribution is 2.18. The Morgan fingerprint density at radius 1 is 0.957 bits per heavy atom. The van der Waals surface area contributed by atoms with Crippen molar-refractivity contribution in [2.45, 2.75) is 31.6 Å². The molecule has 23 heavy (non-hydrogen) atoms. The molecule has 2 rings (SSSR count). The Hall–Kier alpha value is -2.07. The van der Waals surface area contributed by atoms with Gasteiger partial charge in [0.2, 0.25) is 5.12 Å². The molecule has 2 atom stereocenters. The van der Waals surface area contributed by atoms with Crippen LogP contribution in [0.3, 0.4) is 0 Å². The van der Waals surface area contributed by atoms with Gasteiger partial charge in [-0.05, 0) is 31.0 Å². The van der Waals surface area contributed by atoms with Crippen LogP contribution in [0.4, 0.5) is 0 Å². The van der Waals surface area contributed by atoms with Gasteiger partial charge in [-0.15, -0.1) is 0 Å². The van der Waals surface area contributed by atoms with Gasteiger partial charge in [0.15, 0.2) is 0 Å². The molecular formula is C19H21NO2S. The molecule has 3 nitrogen and oxygen atoms in total. The van der Waals surface area contributed by atoms with E-state index < -0.39 is 6.04 Å². The van der Waals surface area contributed by atoms with Crippen LogP contribution in [0.5, 0.6) is 0 Å². The average molecular weight is 327 g/mol. The summed E-state index contributed by atoms with van der Waals surface area (Å²) < 4.78 is 0. The summed E-state index contributed by atoms with van der Waals surface area (Å²) in [4.78, 5) is 24.3. The van der Waals surface area contributed by atoms with E-state index in [2.05, 4.69) is 17.4 Å². The standard InChI is InChI=1S/C19H21NO2S/c1-14(13-16-9-5-3-6-10-16)23-19(22)15(2)20-18(21)17-11-7-4-8-12-17/h3-12,14-15H,13H2,1-2H3,(H,20,21)/t14-,15+/m0/s1. The molecule has 0 aliphatic rings. The lowest BCUT2D eigenvalue weighted by Crippen LogP contribution is -2.37. The monoisotopic (exact) mass is 327 g/mol. The smallest absolute Gasteiger partial charge is 0.251 e. The Kier molecular flexibility index (Phi) is 6.41. The van der Waals surface area contributed by atoms with Gasteiger partial charge >= 0.3 is 0 Å². The highest BCUT2D eigenvalue weighted by molar-refractivity contribution is 8.14. The van der Waals surface area contributed by atoms with Gasteiger partial charge in [-0.3, -0.25) is 9.59 Å². The van der Waals surface area contributed by atoms with Crippen molar-refractivity contribution in [2.24, 2.45) is 0 Å². The van der Waals surface area contributed by atoms with Gasteiger partial charge in [-0.1, -0.05) is 67.2 Å². The highest BCUT2D eigenvalue weighted by atomic mass is 32.2. The van der Waals surface area contributed by atoms with Crippen molar-refractivity contribution in [1.82, 2.24) is 5.32 Å². The highest BCUT2D eigenvalue weighted by Gasteiger charge is 2.19. The maximum Gasteiger partial charge on any atom is 0.251 e. The Morgan fingerprint density at radius 2 is 1.52 bits per heavy atom. The Morgan fingerprint density at radius 3 is 2.13 bits per heavy atom. The van der Waals surface area contributed by atoms with Crippen molar-refractivity contribution in [3.63, 3.8) is 0 Å². The van der Waals surface area contributed by atoms with E-state index in [0.29, 0.717) is 5.56 Å². The number of hydrogen-bond acceptors (Lipinski definition) is 3. The molecule has 120 valence electrons. The Labute approximate surface area is 141 Å².